The molecule has 0 saturated carbocycles. The van der Waals surface area contributed by atoms with Crippen molar-refractivity contribution >= 4 is 17.5 Å². The van der Waals surface area contributed by atoms with Gasteiger partial charge in [0.15, 0.2) is 11.5 Å². The Hall–Kier alpha value is -2.71. The van der Waals surface area contributed by atoms with Crippen molar-refractivity contribution in [3.63, 3.8) is 0 Å². The third-order valence-corrected chi connectivity index (χ3v) is 5.03. The summed E-state index contributed by atoms with van der Waals surface area (Å²) < 4.78 is 7.20. The fraction of sp³-hybridized carbons (Fsp3) is 0.250. The first kappa shape index (κ1) is 14.6. The fourth-order valence-electron chi connectivity index (χ4n) is 3.45. The van der Waals surface area contributed by atoms with E-state index in [2.05, 4.69) is 15.1 Å². The molecular weight excluding hydrogens is 344 g/mol. The summed E-state index contributed by atoms with van der Waals surface area (Å²) in [7, 11) is 0. The van der Waals surface area contributed by atoms with Crippen LogP contribution in [0.4, 0.5) is 0 Å². The molecule has 0 spiro atoms. The number of carbonyl (C=O) groups is 1. The number of halogens is 1. The van der Waals surface area contributed by atoms with Gasteiger partial charge in [-0.2, -0.15) is 4.98 Å². The second kappa shape index (κ2) is 5.14. The summed E-state index contributed by atoms with van der Waals surface area (Å²) in [6.07, 6.45) is 2.51. The van der Waals surface area contributed by atoms with Crippen molar-refractivity contribution in [1.82, 2.24) is 24.6 Å². The minimum atomic E-state index is -0.0957. The molecule has 2 aliphatic heterocycles. The summed E-state index contributed by atoms with van der Waals surface area (Å²) in [5.41, 5.74) is 8.18. The molecule has 4 heterocycles. The quantitative estimate of drug-likeness (QED) is 0.752. The first-order chi connectivity index (χ1) is 12.2. The topological polar surface area (TPSA) is 103 Å². The summed E-state index contributed by atoms with van der Waals surface area (Å²) in [6, 6.07) is 5.31. The summed E-state index contributed by atoms with van der Waals surface area (Å²) in [6.45, 7) is 0.864. The van der Waals surface area contributed by atoms with E-state index in [1.807, 2.05) is 16.7 Å². The van der Waals surface area contributed by atoms with Gasteiger partial charge in [-0.1, -0.05) is 22.8 Å². The highest BCUT2D eigenvalue weighted by molar-refractivity contribution is 6.34. The van der Waals surface area contributed by atoms with Crippen LogP contribution in [0.3, 0.4) is 0 Å². The average Bonchev–Trinajstić information content (AvgIpc) is 3.18. The predicted octanol–water partition coefficient (Wildman–Crippen LogP) is 1.94. The second-order valence-corrected chi connectivity index (χ2v) is 6.41. The normalized spacial score (nSPS) is 18.2. The Morgan fingerprint density at radius 2 is 2.28 bits per heavy atom. The number of carbonyl (C=O) groups excluding carboxylic acids is 1. The van der Waals surface area contributed by atoms with Crippen LogP contribution in [0.25, 0.3) is 17.3 Å². The molecule has 0 radical (unpaired) electrons. The third kappa shape index (κ3) is 1.92. The van der Waals surface area contributed by atoms with Crippen molar-refractivity contribution in [2.75, 3.05) is 6.54 Å². The standard InChI is InChI=1S/C16H13ClN6O2/c17-8-2-1-3-9-12(8)16(24)22-5-4-10(22)14-13(19-7-23(9)14)15-20-11(6-18)21-25-15/h1-3,7,10H,4-6,18H2/t10-/m0/s1. The van der Waals surface area contributed by atoms with Gasteiger partial charge in [0.05, 0.1) is 34.6 Å². The van der Waals surface area contributed by atoms with E-state index in [1.54, 1.807) is 17.3 Å². The van der Waals surface area contributed by atoms with E-state index in [-0.39, 0.29) is 18.5 Å². The molecule has 3 aromatic rings. The van der Waals surface area contributed by atoms with Crippen LogP contribution < -0.4 is 5.73 Å². The highest BCUT2D eigenvalue weighted by Gasteiger charge is 2.43. The maximum absolute atomic E-state index is 12.9. The lowest BCUT2D eigenvalue weighted by atomic mass is 9.97. The van der Waals surface area contributed by atoms with E-state index in [1.165, 1.54) is 0 Å². The van der Waals surface area contributed by atoms with Crippen LogP contribution in [0.15, 0.2) is 29.0 Å². The first-order valence-electron chi connectivity index (χ1n) is 7.89. The van der Waals surface area contributed by atoms with Gasteiger partial charge < -0.3 is 15.2 Å². The molecule has 0 aliphatic carbocycles. The molecule has 126 valence electrons. The van der Waals surface area contributed by atoms with Crippen LogP contribution >= 0.6 is 11.6 Å². The fourth-order valence-corrected chi connectivity index (χ4v) is 3.70. The van der Waals surface area contributed by atoms with Crippen molar-refractivity contribution < 1.29 is 9.32 Å². The lowest BCUT2D eigenvalue weighted by Gasteiger charge is -2.39. The molecule has 0 bridgehead atoms. The largest absolute Gasteiger partial charge is 0.332 e. The predicted molar refractivity (Wildman–Crippen MR) is 88.2 cm³/mol. The van der Waals surface area contributed by atoms with Crippen LogP contribution in [0, 0.1) is 0 Å². The van der Waals surface area contributed by atoms with Crippen LogP contribution in [-0.2, 0) is 6.54 Å². The van der Waals surface area contributed by atoms with E-state index < -0.39 is 0 Å². The molecule has 8 nitrogen and oxygen atoms in total. The minimum absolute atomic E-state index is 0.0697. The number of fused-ring (bicyclic) bond motifs is 5. The number of benzene rings is 1. The van der Waals surface area contributed by atoms with Crippen molar-refractivity contribution in [2.24, 2.45) is 5.73 Å². The summed E-state index contributed by atoms with van der Waals surface area (Å²) in [4.78, 5) is 23.5. The van der Waals surface area contributed by atoms with E-state index in [9.17, 15) is 4.79 Å². The summed E-state index contributed by atoms with van der Waals surface area (Å²) in [5.74, 6) is 0.647. The molecular formula is C16H13ClN6O2. The highest BCUT2D eigenvalue weighted by Crippen LogP contribution is 2.44. The molecule has 1 atom stereocenters. The summed E-state index contributed by atoms with van der Waals surface area (Å²) >= 11 is 6.32. The van der Waals surface area contributed by atoms with Gasteiger partial charge in [0.1, 0.15) is 6.33 Å². The van der Waals surface area contributed by atoms with Crippen LogP contribution in [-0.4, -0.2) is 37.0 Å². The minimum Gasteiger partial charge on any atom is -0.332 e. The third-order valence-electron chi connectivity index (χ3n) is 4.72. The van der Waals surface area contributed by atoms with Crippen molar-refractivity contribution in [3.8, 4) is 17.3 Å². The average molecular weight is 357 g/mol. The van der Waals surface area contributed by atoms with E-state index >= 15 is 0 Å². The zero-order valence-electron chi connectivity index (χ0n) is 13.0. The van der Waals surface area contributed by atoms with Gasteiger partial charge in [-0.15, -0.1) is 0 Å². The van der Waals surface area contributed by atoms with E-state index in [4.69, 9.17) is 21.9 Å². The maximum atomic E-state index is 12.9. The molecule has 1 aromatic carbocycles. The number of hydrogen-bond donors (Lipinski definition) is 1. The number of nitrogens with zero attached hydrogens (tertiary/aromatic N) is 5. The second-order valence-electron chi connectivity index (χ2n) is 6.01. The molecule has 1 amide bonds. The summed E-state index contributed by atoms with van der Waals surface area (Å²) in [5, 5.41) is 4.27. The number of imidazole rings is 1. The molecule has 2 aliphatic rings. The number of aromatic nitrogens is 4. The Labute approximate surface area is 147 Å². The van der Waals surface area contributed by atoms with Crippen LogP contribution in [0.2, 0.25) is 5.02 Å². The van der Waals surface area contributed by atoms with Gasteiger partial charge in [-0.3, -0.25) is 9.36 Å². The number of amides is 1. The molecule has 0 unspecified atom stereocenters. The Morgan fingerprint density at radius 3 is 3.00 bits per heavy atom. The van der Waals surface area contributed by atoms with Gasteiger partial charge in [-0.05, 0) is 18.6 Å². The molecule has 1 fully saturated rings. The zero-order valence-corrected chi connectivity index (χ0v) is 13.8. The maximum Gasteiger partial charge on any atom is 0.278 e. The lowest BCUT2D eigenvalue weighted by molar-refractivity contribution is 0.0461. The van der Waals surface area contributed by atoms with Gasteiger partial charge in [-0.25, -0.2) is 4.98 Å². The highest BCUT2D eigenvalue weighted by atomic mass is 35.5. The number of hydrogen-bond acceptors (Lipinski definition) is 6. The van der Waals surface area contributed by atoms with E-state index in [0.29, 0.717) is 40.2 Å². The van der Waals surface area contributed by atoms with Crippen molar-refractivity contribution in [3.05, 3.63) is 46.6 Å². The Bertz CT molecular complexity index is 1010. The SMILES string of the molecule is NCc1noc(-c2ncn3c2[C@@H]2CCN2C(=O)c2c(Cl)cccc2-3)n1. The van der Waals surface area contributed by atoms with Crippen LogP contribution in [0.5, 0.6) is 0 Å². The lowest BCUT2D eigenvalue weighted by Crippen LogP contribution is -2.44. The molecule has 9 heteroatoms. The Kier molecular flexibility index (Phi) is 3.01. The first-order valence-corrected chi connectivity index (χ1v) is 8.27. The van der Waals surface area contributed by atoms with Crippen LogP contribution in [0.1, 0.15) is 34.3 Å². The molecule has 2 N–H and O–H groups in total. The molecule has 25 heavy (non-hydrogen) atoms. The molecule has 2 aromatic heterocycles. The van der Waals surface area contributed by atoms with Crippen molar-refractivity contribution in [1.29, 1.82) is 0 Å². The number of nitrogens with two attached hydrogens (primary N) is 1. The van der Waals surface area contributed by atoms with Gasteiger partial charge in [0, 0.05) is 6.54 Å². The Morgan fingerprint density at radius 1 is 1.40 bits per heavy atom. The smallest absolute Gasteiger partial charge is 0.278 e. The zero-order chi connectivity index (χ0) is 17.1. The molecule has 1 saturated heterocycles. The molecule has 5 rings (SSSR count). The van der Waals surface area contributed by atoms with Gasteiger partial charge >= 0.3 is 0 Å². The van der Waals surface area contributed by atoms with Gasteiger partial charge in [0.25, 0.3) is 11.8 Å². The Balaban J connectivity index is 1.77. The van der Waals surface area contributed by atoms with E-state index in [0.717, 1.165) is 12.1 Å². The van der Waals surface area contributed by atoms with Gasteiger partial charge in [0.2, 0.25) is 0 Å². The number of rotatable bonds is 2. The monoisotopic (exact) mass is 356 g/mol. The van der Waals surface area contributed by atoms with Crippen molar-refractivity contribution in [2.45, 2.75) is 19.0 Å².